The molecule has 0 aliphatic heterocycles. The highest BCUT2D eigenvalue weighted by Crippen LogP contribution is 2.34. The van der Waals surface area contributed by atoms with Gasteiger partial charge in [0, 0.05) is 16.7 Å². The summed E-state index contributed by atoms with van der Waals surface area (Å²) in [4.78, 5) is 0. The smallest absolute Gasteiger partial charge is 0.115 e. The lowest BCUT2D eigenvalue weighted by molar-refractivity contribution is 0.475. The minimum Gasteiger partial charge on any atom is -0.508 e. The van der Waals surface area contributed by atoms with Crippen LogP contribution in [0.5, 0.6) is 5.75 Å². The van der Waals surface area contributed by atoms with Crippen LogP contribution in [0.25, 0.3) is 28.2 Å². The number of hydrogen-bond donors (Lipinski definition) is 1. The summed E-state index contributed by atoms with van der Waals surface area (Å²) in [5, 5.41) is 14.6. The average Bonchev–Trinajstić information content (AvgIpc) is 3.09. The molecule has 0 radical (unpaired) electrons. The van der Waals surface area contributed by atoms with Crippen molar-refractivity contribution in [2.45, 2.75) is 13.3 Å². The fourth-order valence-corrected chi connectivity index (χ4v) is 3.29. The van der Waals surface area contributed by atoms with Crippen LogP contribution in [-0.4, -0.2) is 14.9 Å². The molecule has 0 saturated carbocycles. The van der Waals surface area contributed by atoms with Gasteiger partial charge in [0.15, 0.2) is 0 Å². The number of phenolic OH excluding ortho intramolecular Hbond substituents is 1. The van der Waals surface area contributed by atoms with Crippen molar-refractivity contribution in [3.8, 4) is 34.0 Å². The second-order valence-electron chi connectivity index (χ2n) is 6.19. The molecule has 1 aromatic heterocycles. The number of nitrogens with zero attached hydrogens (tertiary/aromatic N) is 2. The second-order valence-corrected chi connectivity index (χ2v) is 6.19. The molecule has 4 rings (SSSR count). The Hall–Kier alpha value is -3.33. The largest absolute Gasteiger partial charge is 0.508 e. The van der Waals surface area contributed by atoms with Crippen LogP contribution >= 0.6 is 0 Å². The maximum atomic E-state index is 9.64. The number of phenols is 1. The molecule has 0 saturated heterocycles. The summed E-state index contributed by atoms with van der Waals surface area (Å²) in [6.07, 6.45) is 0.881. The first-order valence-electron chi connectivity index (χ1n) is 8.80. The topological polar surface area (TPSA) is 38.0 Å². The molecule has 0 aliphatic carbocycles. The van der Waals surface area contributed by atoms with Gasteiger partial charge in [0.25, 0.3) is 0 Å². The monoisotopic (exact) mass is 340 g/mol. The van der Waals surface area contributed by atoms with E-state index >= 15 is 0 Å². The molecule has 0 aliphatic rings. The molecule has 0 bridgehead atoms. The van der Waals surface area contributed by atoms with Gasteiger partial charge in [0.1, 0.15) is 5.75 Å². The van der Waals surface area contributed by atoms with E-state index in [1.165, 1.54) is 5.56 Å². The lowest BCUT2D eigenvalue weighted by atomic mass is 10.00. The summed E-state index contributed by atoms with van der Waals surface area (Å²) in [5.41, 5.74) is 6.48. The van der Waals surface area contributed by atoms with Gasteiger partial charge in [0.05, 0.1) is 17.1 Å². The van der Waals surface area contributed by atoms with Crippen LogP contribution in [-0.2, 0) is 6.42 Å². The Balaban J connectivity index is 2.00. The molecule has 3 aromatic carbocycles. The van der Waals surface area contributed by atoms with Crippen LogP contribution in [0, 0.1) is 0 Å². The van der Waals surface area contributed by atoms with Gasteiger partial charge in [-0.3, -0.25) is 0 Å². The van der Waals surface area contributed by atoms with Gasteiger partial charge in [-0.25, -0.2) is 4.68 Å². The van der Waals surface area contributed by atoms with E-state index in [0.717, 1.165) is 34.6 Å². The van der Waals surface area contributed by atoms with Gasteiger partial charge < -0.3 is 5.11 Å². The van der Waals surface area contributed by atoms with Crippen LogP contribution in [0.1, 0.15) is 12.5 Å². The van der Waals surface area contributed by atoms with Crippen LogP contribution in [0.2, 0.25) is 0 Å². The molecule has 4 aromatic rings. The number of hydrogen-bond acceptors (Lipinski definition) is 2. The van der Waals surface area contributed by atoms with E-state index in [9.17, 15) is 5.11 Å². The molecule has 0 unspecified atom stereocenters. The van der Waals surface area contributed by atoms with Crippen molar-refractivity contribution >= 4 is 0 Å². The first kappa shape index (κ1) is 16.2. The highest BCUT2D eigenvalue weighted by atomic mass is 16.3. The number of rotatable bonds is 4. The van der Waals surface area contributed by atoms with Crippen molar-refractivity contribution < 1.29 is 5.11 Å². The molecule has 3 nitrogen and oxygen atoms in total. The number of aromatic nitrogens is 2. The molecule has 0 atom stereocenters. The summed E-state index contributed by atoms with van der Waals surface area (Å²) in [7, 11) is 0. The zero-order chi connectivity index (χ0) is 17.9. The molecular weight excluding hydrogens is 320 g/mol. The van der Waals surface area contributed by atoms with E-state index < -0.39 is 0 Å². The Morgan fingerprint density at radius 3 is 1.92 bits per heavy atom. The average molecular weight is 340 g/mol. The lowest BCUT2D eigenvalue weighted by Gasteiger charge is -2.09. The first-order chi connectivity index (χ1) is 12.8. The maximum Gasteiger partial charge on any atom is 0.115 e. The van der Waals surface area contributed by atoms with Gasteiger partial charge >= 0.3 is 0 Å². The number of benzene rings is 3. The molecule has 128 valence electrons. The third kappa shape index (κ3) is 2.88. The van der Waals surface area contributed by atoms with Crippen LogP contribution < -0.4 is 0 Å². The van der Waals surface area contributed by atoms with Gasteiger partial charge in [-0.15, -0.1) is 0 Å². The lowest BCUT2D eigenvalue weighted by Crippen LogP contribution is -1.99. The molecule has 0 spiro atoms. The molecule has 1 heterocycles. The van der Waals surface area contributed by atoms with E-state index in [0.29, 0.717) is 0 Å². The Kier molecular flexibility index (Phi) is 4.28. The van der Waals surface area contributed by atoms with Gasteiger partial charge in [-0.1, -0.05) is 67.6 Å². The maximum absolute atomic E-state index is 9.64. The molecule has 0 amide bonds. The molecule has 0 fully saturated rings. The summed E-state index contributed by atoms with van der Waals surface area (Å²) >= 11 is 0. The predicted octanol–water partition coefficient (Wildman–Crippen LogP) is 5.47. The zero-order valence-corrected chi connectivity index (χ0v) is 14.6. The quantitative estimate of drug-likeness (QED) is 0.534. The standard InChI is InChI=1S/C23H20N2O/c1-2-21-22(17-9-5-3-6-10-17)24-25(19-13-15-20(26)16-14-19)23(21)18-11-7-4-8-12-18/h3-16,26H,2H2,1H3. The van der Waals surface area contributed by atoms with Gasteiger partial charge in [-0.2, -0.15) is 5.10 Å². The summed E-state index contributed by atoms with van der Waals surface area (Å²) in [6, 6.07) is 27.8. The normalized spacial score (nSPS) is 10.8. The molecule has 1 N–H and O–H groups in total. The van der Waals surface area contributed by atoms with E-state index in [1.54, 1.807) is 12.1 Å². The Morgan fingerprint density at radius 1 is 0.769 bits per heavy atom. The van der Waals surface area contributed by atoms with Crippen molar-refractivity contribution in [3.05, 3.63) is 90.5 Å². The van der Waals surface area contributed by atoms with Crippen LogP contribution in [0.3, 0.4) is 0 Å². The SMILES string of the molecule is CCc1c(-c2ccccc2)nn(-c2ccc(O)cc2)c1-c1ccccc1. The van der Waals surface area contributed by atoms with E-state index in [-0.39, 0.29) is 5.75 Å². The summed E-state index contributed by atoms with van der Waals surface area (Å²) in [6.45, 7) is 2.16. The van der Waals surface area contributed by atoms with Crippen LogP contribution in [0.4, 0.5) is 0 Å². The highest BCUT2D eigenvalue weighted by Gasteiger charge is 2.20. The van der Waals surface area contributed by atoms with Crippen molar-refractivity contribution in [1.29, 1.82) is 0 Å². The first-order valence-corrected chi connectivity index (χ1v) is 8.80. The van der Waals surface area contributed by atoms with Crippen molar-refractivity contribution in [3.63, 3.8) is 0 Å². The van der Waals surface area contributed by atoms with Gasteiger partial charge in [0.2, 0.25) is 0 Å². The van der Waals surface area contributed by atoms with Gasteiger partial charge in [-0.05, 0) is 30.7 Å². The minimum atomic E-state index is 0.251. The van der Waals surface area contributed by atoms with E-state index in [2.05, 4.69) is 31.2 Å². The van der Waals surface area contributed by atoms with Crippen molar-refractivity contribution in [2.75, 3.05) is 0 Å². The Morgan fingerprint density at radius 2 is 1.35 bits per heavy atom. The predicted molar refractivity (Wildman–Crippen MR) is 105 cm³/mol. The fraction of sp³-hybridized carbons (Fsp3) is 0.0870. The highest BCUT2D eigenvalue weighted by molar-refractivity contribution is 5.76. The Bertz CT molecular complexity index is 1000. The Labute approximate surface area is 153 Å². The van der Waals surface area contributed by atoms with Crippen molar-refractivity contribution in [2.24, 2.45) is 0 Å². The zero-order valence-electron chi connectivity index (χ0n) is 14.6. The molecular formula is C23H20N2O. The third-order valence-electron chi connectivity index (χ3n) is 4.53. The van der Waals surface area contributed by atoms with Crippen molar-refractivity contribution in [1.82, 2.24) is 9.78 Å². The second kappa shape index (κ2) is 6.89. The molecule has 3 heteroatoms. The third-order valence-corrected chi connectivity index (χ3v) is 4.53. The summed E-state index contributed by atoms with van der Waals surface area (Å²) < 4.78 is 1.98. The van der Waals surface area contributed by atoms with Crippen LogP contribution in [0.15, 0.2) is 84.9 Å². The fourth-order valence-electron chi connectivity index (χ4n) is 3.29. The minimum absolute atomic E-state index is 0.251. The van der Waals surface area contributed by atoms with E-state index in [4.69, 9.17) is 5.10 Å². The van der Waals surface area contributed by atoms with E-state index in [1.807, 2.05) is 53.2 Å². The summed E-state index contributed by atoms with van der Waals surface area (Å²) in [5.74, 6) is 0.251. The molecule has 26 heavy (non-hydrogen) atoms. The number of aromatic hydroxyl groups is 1.